The van der Waals surface area contributed by atoms with Gasteiger partial charge in [0.15, 0.2) is 0 Å². The van der Waals surface area contributed by atoms with E-state index in [9.17, 15) is 18.0 Å². The first-order valence-corrected chi connectivity index (χ1v) is 5.10. The number of rotatable bonds is 4. The van der Waals surface area contributed by atoms with E-state index in [1.54, 1.807) is 13.8 Å². The van der Waals surface area contributed by atoms with Crippen LogP contribution in [0.5, 0.6) is 0 Å². The van der Waals surface area contributed by atoms with Gasteiger partial charge in [-0.2, -0.15) is 13.2 Å². The Labute approximate surface area is 93.1 Å². The summed E-state index contributed by atoms with van der Waals surface area (Å²) in [6.07, 6.45) is -5.04. The van der Waals surface area contributed by atoms with Gasteiger partial charge >= 0.3 is 12.1 Å². The minimum Gasteiger partial charge on any atom is -0.463 e. The third-order valence-electron chi connectivity index (χ3n) is 2.11. The Kier molecular flexibility index (Phi) is 5.25. The molecule has 16 heavy (non-hydrogen) atoms. The van der Waals surface area contributed by atoms with Gasteiger partial charge < -0.3 is 10.5 Å². The number of hydrogen-bond acceptors (Lipinski definition) is 3. The standard InChI is InChI=1S/C10H18F3NO2/c1-5(2)7(8(14)10(11,12)13)9(15)16-6(3)4/h5-8H,14H2,1-4H3/t7-,8-/m0/s1. The van der Waals surface area contributed by atoms with Crippen molar-refractivity contribution in [2.24, 2.45) is 17.6 Å². The molecule has 0 fully saturated rings. The molecule has 0 radical (unpaired) electrons. The van der Waals surface area contributed by atoms with Gasteiger partial charge in [-0.1, -0.05) is 13.8 Å². The van der Waals surface area contributed by atoms with Crippen molar-refractivity contribution in [2.45, 2.75) is 46.0 Å². The Bertz CT molecular complexity index is 239. The van der Waals surface area contributed by atoms with Crippen molar-refractivity contribution < 1.29 is 22.7 Å². The molecule has 0 saturated heterocycles. The lowest BCUT2D eigenvalue weighted by atomic mass is 9.88. The average Bonchev–Trinajstić information content (AvgIpc) is 1.99. The van der Waals surface area contributed by atoms with Crippen LogP contribution in [0.25, 0.3) is 0 Å². The van der Waals surface area contributed by atoms with Gasteiger partial charge in [0.25, 0.3) is 0 Å². The van der Waals surface area contributed by atoms with Crippen LogP contribution in [0.3, 0.4) is 0 Å². The van der Waals surface area contributed by atoms with Crippen molar-refractivity contribution in [2.75, 3.05) is 0 Å². The Morgan fingerprint density at radius 1 is 1.19 bits per heavy atom. The van der Waals surface area contributed by atoms with Crippen molar-refractivity contribution in [1.82, 2.24) is 0 Å². The summed E-state index contributed by atoms with van der Waals surface area (Å²) >= 11 is 0. The topological polar surface area (TPSA) is 52.3 Å². The van der Waals surface area contributed by atoms with Gasteiger partial charge in [-0.25, -0.2) is 0 Å². The minimum atomic E-state index is -4.59. The molecule has 0 aromatic heterocycles. The molecule has 6 heteroatoms. The van der Waals surface area contributed by atoms with Crippen LogP contribution >= 0.6 is 0 Å². The zero-order valence-electron chi connectivity index (χ0n) is 9.84. The number of hydrogen-bond donors (Lipinski definition) is 1. The molecule has 0 unspecified atom stereocenters. The Balaban J connectivity index is 4.81. The largest absolute Gasteiger partial charge is 0.463 e. The summed E-state index contributed by atoms with van der Waals surface area (Å²) in [6, 6.07) is -2.18. The Morgan fingerprint density at radius 2 is 1.62 bits per heavy atom. The van der Waals surface area contributed by atoms with Crippen LogP contribution in [0, 0.1) is 11.8 Å². The van der Waals surface area contributed by atoms with Crippen LogP contribution < -0.4 is 5.73 Å². The zero-order valence-corrected chi connectivity index (χ0v) is 9.84. The highest BCUT2D eigenvalue weighted by atomic mass is 19.4. The predicted octanol–water partition coefficient (Wildman–Crippen LogP) is 2.10. The zero-order chi connectivity index (χ0) is 13.1. The third kappa shape index (κ3) is 4.38. The molecule has 0 aliphatic carbocycles. The SMILES string of the molecule is CC(C)OC(=O)[C@@H](C(C)C)[C@H](N)C(F)(F)F. The maximum Gasteiger partial charge on any atom is 0.404 e. The first-order chi connectivity index (χ1) is 7.07. The second-order valence-electron chi connectivity index (χ2n) is 4.32. The molecule has 0 rings (SSSR count). The molecule has 96 valence electrons. The number of nitrogens with two attached hydrogens (primary N) is 1. The molecule has 0 aliphatic rings. The van der Waals surface area contributed by atoms with Crippen LogP contribution in [-0.4, -0.2) is 24.3 Å². The lowest BCUT2D eigenvalue weighted by Crippen LogP contribution is -2.49. The second-order valence-corrected chi connectivity index (χ2v) is 4.32. The highest BCUT2D eigenvalue weighted by Crippen LogP contribution is 2.29. The van der Waals surface area contributed by atoms with E-state index in [1.165, 1.54) is 13.8 Å². The van der Waals surface area contributed by atoms with Crippen molar-refractivity contribution in [3.05, 3.63) is 0 Å². The molecular weight excluding hydrogens is 223 g/mol. The van der Waals surface area contributed by atoms with Crippen molar-refractivity contribution in [3.63, 3.8) is 0 Å². The maximum atomic E-state index is 12.4. The lowest BCUT2D eigenvalue weighted by Gasteiger charge is -2.27. The molecule has 0 heterocycles. The van der Waals surface area contributed by atoms with Crippen LogP contribution in [0.15, 0.2) is 0 Å². The number of carbonyl (C=O) groups is 1. The molecule has 0 aliphatic heterocycles. The van der Waals surface area contributed by atoms with Crippen LogP contribution in [0.4, 0.5) is 13.2 Å². The normalized spacial score (nSPS) is 16.4. The minimum absolute atomic E-state index is 0.450. The van der Waals surface area contributed by atoms with Gasteiger partial charge in [-0.3, -0.25) is 4.79 Å². The number of ether oxygens (including phenoxy) is 1. The van der Waals surface area contributed by atoms with Crippen molar-refractivity contribution in [3.8, 4) is 0 Å². The molecule has 0 aromatic rings. The van der Waals surface area contributed by atoms with Gasteiger partial charge in [-0.05, 0) is 19.8 Å². The quantitative estimate of drug-likeness (QED) is 0.767. The van der Waals surface area contributed by atoms with Gasteiger partial charge in [0.2, 0.25) is 0 Å². The fraction of sp³-hybridized carbons (Fsp3) is 0.900. The van der Waals surface area contributed by atoms with E-state index in [2.05, 4.69) is 0 Å². The average molecular weight is 241 g/mol. The van der Waals surface area contributed by atoms with E-state index < -0.39 is 36.1 Å². The molecule has 3 nitrogen and oxygen atoms in total. The van der Waals surface area contributed by atoms with Crippen LogP contribution in [0.2, 0.25) is 0 Å². The molecule has 0 spiro atoms. The number of esters is 1. The smallest absolute Gasteiger partial charge is 0.404 e. The van der Waals surface area contributed by atoms with Crippen LogP contribution in [0.1, 0.15) is 27.7 Å². The molecule has 0 amide bonds. The van der Waals surface area contributed by atoms with Crippen molar-refractivity contribution >= 4 is 5.97 Å². The molecule has 2 N–H and O–H groups in total. The van der Waals surface area contributed by atoms with Gasteiger partial charge in [-0.15, -0.1) is 0 Å². The molecule has 2 atom stereocenters. The highest BCUT2D eigenvalue weighted by molar-refractivity contribution is 5.73. The summed E-state index contributed by atoms with van der Waals surface area (Å²) in [5.41, 5.74) is 5.05. The maximum absolute atomic E-state index is 12.4. The predicted molar refractivity (Wildman–Crippen MR) is 53.6 cm³/mol. The molecule has 0 aromatic carbocycles. The second kappa shape index (κ2) is 5.52. The summed E-state index contributed by atoms with van der Waals surface area (Å²) in [5, 5.41) is 0. The van der Waals surface area contributed by atoms with Crippen molar-refractivity contribution in [1.29, 1.82) is 0 Å². The molecule has 0 bridgehead atoms. The Hall–Kier alpha value is -0.780. The first-order valence-electron chi connectivity index (χ1n) is 5.10. The number of alkyl halides is 3. The van der Waals surface area contributed by atoms with Gasteiger partial charge in [0, 0.05) is 0 Å². The van der Waals surface area contributed by atoms with E-state index in [0.29, 0.717) is 0 Å². The number of halogens is 3. The van der Waals surface area contributed by atoms with Gasteiger partial charge in [0.1, 0.15) is 6.04 Å². The van der Waals surface area contributed by atoms with E-state index >= 15 is 0 Å². The summed E-state index contributed by atoms with van der Waals surface area (Å²) in [5.74, 6) is -2.78. The summed E-state index contributed by atoms with van der Waals surface area (Å²) in [6.45, 7) is 6.18. The summed E-state index contributed by atoms with van der Waals surface area (Å²) in [7, 11) is 0. The highest BCUT2D eigenvalue weighted by Gasteiger charge is 2.46. The fourth-order valence-corrected chi connectivity index (χ4v) is 1.35. The first kappa shape index (κ1) is 15.2. The summed E-state index contributed by atoms with van der Waals surface area (Å²) < 4.78 is 42.0. The van der Waals surface area contributed by atoms with Gasteiger partial charge in [0.05, 0.1) is 12.0 Å². The van der Waals surface area contributed by atoms with E-state index in [-0.39, 0.29) is 0 Å². The lowest BCUT2D eigenvalue weighted by molar-refractivity contribution is -0.182. The fourth-order valence-electron chi connectivity index (χ4n) is 1.35. The van der Waals surface area contributed by atoms with Crippen LogP contribution in [-0.2, 0) is 9.53 Å². The summed E-state index contributed by atoms with van der Waals surface area (Å²) in [4.78, 5) is 11.5. The molecular formula is C10H18F3NO2. The van der Waals surface area contributed by atoms with E-state index in [0.717, 1.165) is 0 Å². The monoisotopic (exact) mass is 241 g/mol. The van der Waals surface area contributed by atoms with E-state index in [4.69, 9.17) is 10.5 Å². The number of carbonyl (C=O) groups excluding carboxylic acids is 1. The third-order valence-corrected chi connectivity index (χ3v) is 2.11. The van der Waals surface area contributed by atoms with E-state index in [1.807, 2.05) is 0 Å². The molecule has 0 saturated carbocycles. The Morgan fingerprint density at radius 3 is 1.88 bits per heavy atom.